The van der Waals surface area contributed by atoms with Gasteiger partial charge in [0.1, 0.15) is 0 Å². The van der Waals surface area contributed by atoms with Crippen LogP contribution in [0.15, 0.2) is 54.6 Å². The smallest absolute Gasteiger partial charge is 0.243 e. The average Bonchev–Trinajstić information content (AvgIpc) is 2.73. The first-order chi connectivity index (χ1) is 14.0. The van der Waals surface area contributed by atoms with E-state index in [0.717, 1.165) is 36.7 Å². The van der Waals surface area contributed by atoms with Crippen molar-refractivity contribution in [1.82, 2.24) is 4.90 Å². The van der Waals surface area contributed by atoms with Crippen LogP contribution in [-0.2, 0) is 16.0 Å². The number of anilines is 2. The third-order valence-corrected chi connectivity index (χ3v) is 5.59. The molecule has 1 saturated heterocycles. The zero-order valence-electron chi connectivity index (χ0n) is 17.4. The van der Waals surface area contributed by atoms with Crippen molar-refractivity contribution in [3.63, 3.8) is 0 Å². The molecule has 2 amide bonds. The summed E-state index contributed by atoms with van der Waals surface area (Å²) < 4.78 is 0. The summed E-state index contributed by atoms with van der Waals surface area (Å²) >= 11 is 0. The van der Waals surface area contributed by atoms with Crippen molar-refractivity contribution in [1.29, 1.82) is 0 Å². The van der Waals surface area contributed by atoms with E-state index in [1.807, 2.05) is 42.5 Å². The maximum atomic E-state index is 12.4. The molecule has 1 fully saturated rings. The Balaban J connectivity index is 1.51. The van der Waals surface area contributed by atoms with Crippen molar-refractivity contribution < 1.29 is 9.59 Å². The molecule has 0 spiro atoms. The highest BCUT2D eigenvalue weighted by Crippen LogP contribution is 2.24. The van der Waals surface area contributed by atoms with Crippen molar-refractivity contribution in [3.8, 4) is 0 Å². The number of benzene rings is 2. The van der Waals surface area contributed by atoms with Crippen molar-refractivity contribution in [2.75, 3.05) is 36.4 Å². The van der Waals surface area contributed by atoms with Gasteiger partial charge in [-0.25, -0.2) is 0 Å². The molecule has 5 heteroatoms. The van der Waals surface area contributed by atoms with E-state index in [1.165, 1.54) is 25.5 Å². The van der Waals surface area contributed by atoms with Crippen LogP contribution >= 0.6 is 0 Å². The Morgan fingerprint density at radius 2 is 1.69 bits per heavy atom. The summed E-state index contributed by atoms with van der Waals surface area (Å²) in [6.07, 6.45) is 3.18. The number of carbonyl (C=O) groups excluding carboxylic acids is 2. The normalized spacial score (nSPS) is 14.5. The fourth-order valence-electron chi connectivity index (χ4n) is 3.65. The van der Waals surface area contributed by atoms with E-state index in [9.17, 15) is 9.59 Å². The minimum absolute atomic E-state index is 0.0634. The molecule has 1 heterocycles. The van der Waals surface area contributed by atoms with E-state index in [-0.39, 0.29) is 18.4 Å². The van der Waals surface area contributed by atoms with E-state index in [0.29, 0.717) is 6.54 Å². The molecule has 1 aliphatic heterocycles. The Kier molecular flexibility index (Phi) is 7.28. The number of nitrogens with one attached hydrogen (secondary N) is 1. The number of piperidine rings is 1. The summed E-state index contributed by atoms with van der Waals surface area (Å²) in [6.45, 7) is 6.57. The second-order valence-electron chi connectivity index (χ2n) is 7.94. The van der Waals surface area contributed by atoms with Crippen molar-refractivity contribution in [2.24, 2.45) is 5.92 Å². The summed E-state index contributed by atoms with van der Waals surface area (Å²) in [5.74, 6) is 0.537. The summed E-state index contributed by atoms with van der Waals surface area (Å²) in [6, 6.07) is 18.0. The molecule has 0 saturated carbocycles. The minimum Gasteiger partial charge on any atom is -0.372 e. The number of hydrogen-bond acceptors (Lipinski definition) is 3. The predicted octanol–water partition coefficient (Wildman–Crippen LogP) is 3.95. The maximum absolute atomic E-state index is 12.4. The van der Waals surface area contributed by atoms with Crippen molar-refractivity contribution in [2.45, 2.75) is 33.1 Å². The number of amides is 2. The monoisotopic (exact) mass is 393 g/mol. The number of nitrogens with zero attached hydrogens (tertiary/aromatic N) is 2. The molecular formula is C24H31N3O2. The molecule has 0 unspecified atom stereocenters. The van der Waals surface area contributed by atoms with Gasteiger partial charge < -0.3 is 15.1 Å². The first kappa shape index (κ1) is 20.9. The number of hydrogen-bond donors (Lipinski definition) is 1. The van der Waals surface area contributed by atoms with Gasteiger partial charge in [-0.1, -0.05) is 37.3 Å². The molecule has 154 valence electrons. The molecule has 2 aromatic rings. The molecule has 0 radical (unpaired) electrons. The van der Waals surface area contributed by atoms with Gasteiger partial charge in [-0.3, -0.25) is 9.59 Å². The molecule has 1 aliphatic rings. The van der Waals surface area contributed by atoms with Crippen LogP contribution in [0.2, 0.25) is 0 Å². The van der Waals surface area contributed by atoms with Crippen LogP contribution in [0.3, 0.4) is 0 Å². The molecular weight excluding hydrogens is 362 g/mol. The van der Waals surface area contributed by atoms with Crippen LogP contribution in [0.4, 0.5) is 11.4 Å². The fourth-order valence-corrected chi connectivity index (χ4v) is 3.65. The highest BCUT2D eigenvalue weighted by Gasteiger charge is 2.17. The summed E-state index contributed by atoms with van der Waals surface area (Å²) in [5, 5.41) is 2.91. The van der Waals surface area contributed by atoms with Gasteiger partial charge in [-0.05, 0) is 55.0 Å². The van der Waals surface area contributed by atoms with Crippen molar-refractivity contribution in [3.05, 3.63) is 60.2 Å². The lowest BCUT2D eigenvalue weighted by Crippen LogP contribution is -2.38. The molecule has 2 aromatic carbocycles. The summed E-state index contributed by atoms with van der Waals surface area (Å²) in [4.78, 5) is 28.4. The van der Waals surface area contributed by atoms with Gasteiger partial charge in [0.2, 0.25) is 11.8 Å². The molecule has 0 aliphatic carbocycles. The lowest BCUT2D eigenvalue weighted by Gasteiger charge is -2.32. The van der Waals surface area contributed by atoms with Gasteiger partial charge in [0.25, 0.3) is 0 Å². The van der Waals surface area contributed by atoms with Gasteiger partial charge >= 0.3 is 0 Å². The van der Waals surface area contributed by atoms with Crippen LogP contribution < -0.4 is 10.2 Å². The maximum Gasteiger partial charge on any atom is 0.243 e. The van der Waals surface area contributed by atoms with Gasteiger partial charge in [0.15, 0.2) is 0 Å². The predicted molar refractivity (Wildman–Crippen MR) is 118 cm³/mol. The van der Waals surface area contributed by atoms with Gasteiger partial charge in [0, 0.05) is 37.9 Å². The Hall–Kier alpha value is -2.82. The van der Waals surface area contributed by atoms with Gasteiger partial charge in [-0.2, -0.15) is 0 Å². The van der Waals surface area contributed by atoms with Crippen molar-refractivity contribution >= 4 is 23.2 Å². The van der Waals surface area contributed by atoms with E-state index in [4.69, 9.17) is 0 Å². The van der Waals surface area contributed by atoms with Crippen LogP contribution in [0.25, 0.3) is 0 Å². The van der Waals surface area contributed by atoms with Gasteiger partial charge in [0.05, 0.1) is 6.54 Å². The highest BCUT2D eigenvalue weighted by molar-refractivity contribution is 5.94. The third-order valence-electron chi connectivity index (χ3n) is 5.59. The highest BCUT2D eigenvalue weighted by atomic mass is 16.2. The number of carbonyl (C=O) groups is 2. The summed E-state index contributed by atoms with van der Waals surface area (Å²) in [7, 11) is 0. The van der Waals surface area contributed by atoms with Gasteiger partial charge in [-0.15, -0.1) is 0 Å². The van der Waals surface area contributed by atoms with E-state index in [1.54, 1.807) is 4.90 Å². The second-order valence-corrected chi connectivity index (χ2v) is 7.94. The van der Waals surface area contributed by atoms with E-state index in [2.05, 4.69) is 29.3 Å². The molecule has 0 bridgehead atoms. The third kappa shape index (κ3) is 6.34. The molecule has 5 nitrogen and oxygen atoms in total. The molecule has 1 N–H and O–H groups in total. The first-order valence-electron chi connectivity index (χ1n) is 10.5. The molecule has 0 atom stereocenters. The minimum atomic E-state index is -0.173. The lowest BCUT2D eigenvalue weighted by molar-refractivity contribution is -0.132. The summed E-state index contributed by atoms with van der Waals surface area (Å²) in [5.41, 5.74) is 3.11. The lowest BCUT2D eigenvalue weighted by atomic mass is 9.99. The average molecular weight is 394 g/mol. The standard InChI is InChI=1S/C24H31N3O2/c1-19-12-15-26(16-13-19)23-10-8-22(9-11-23)25-24(29)18-27(20(2)28)17-14-21-6-4-3-5-7-21/h3-11,19H,12-18H2,1-2H3,(H,25,29). The zero-order valence-corrected chi connectivity index (χ0v) is 17.4. The largest absolute Gasteiger partial charge is 0.372 e. The Bertz CT molecular complexity index is 797. The molecule has 3 rings (SSSR count). The SMILES string of the molecule is CC(=O)N(CCc1ccccc1)CC(=O)Nc1ccc(N2CCC(C)CC2)cc1. The van der Waals surface area contributed by atoms with E-state index >= 15 is 0 Å². The zero-order chi connectivity index (χ0) is 20.6. The van der Waals surface area contributed by atoms with Crippen LogP contribution in [0.1, 0.15) is 32.3 Å². The van der Waals surface area contributed by atoms with Crippen LogP contribution in [0, 0.1) is 5.92 Å². The van der Waals surface area contributed by atoms with Crippen LogP contribution in [0.5, 0.6) is 0 Å². The van der Waals surface area contributed by atoms with Crippen LogP contribution in [-0.4, -0.2) is 42.9 Å². The van der Waals surface area contributed by atoms with E-state index < -0.39 is 0 Å². The molecule has 0 aromatic heterocycles. The first-order valence-corrected chi connectivity index (χ1v) is 10.5. The number of rotatable bonds is 7. The quantitative estimate of drug-likeness (QED) is 0.775. The Morgan fingerprint density at radius 3 is 2.31 bits per heavy atom. The Morgan fingerprint density at radius 1 is 1.03 bits per heavy atom. The Labute approximate surface area is 173 Å². The molecule has 29 heavy (non-hydrogen) atoms. The fraction of sp³-hybridized carbons (Fsp3) is 0.417. The topological polar surface area (TPSA) is 52.7 Å². The second kappa shape index (κ2) is 10.1.